The minimum Gasteiger partial charge on any atom is -0.486 e. The molecule has 0 bridgehead atoms. The molecule has 1 aliphatic rings. The molecule has 0 aliphatic carbocycles. The molecular weight excluding hydrogens is 415 g/mol. The minimum absolute atomic E-state index is 0.214. The van der Waals surface area contributed by atoms with E-state index in [-0.39, 0.29) is 29.1 Å². The molecule has 29 heavy (non-hydrogen) atoms. The Morgan fingerprint density at radius 2 is 1.83 bits per heavy atom. The number of carbonyl (C=O) groups excluding carboxylic acids is 1. The van der Waals surface area contributed by atoms with Crippen molar-refractivity contribution < 1.29 is 18.3 Å². The molecule has 0 saturated carbocycles. The van der Waals surface area contributed by atoms with Gasteiger partial charge in [0.05, 0.1) is 5.69 Å². The molecule has 1 aliphatic heterocycles. The highest BCUT2D eigenvalue weighted by Gasteiger charge is 2.32. The van der Waals surface area contributed by atoms with E-state index in [0.29, 0.717) is 28.0 Å². The topological polar surface area (TPSA) is 54.7 Å². The number of amides is 1. The second-order valence-corrected chi connectivity index (χ2v) is 6.97. The number of hydrogen-bond acceptors (Lipinski definition) is 4. The van der Waals surface area contributed by atoms with E-state index in [1.54, 1.807) is 42.5 Å². The van der Waals surface area contributed by atoms with E-state index < -0.39 is 0 Å². The molecule has 0 spiro atoms. The number of ether oxygens (including phenoxy) is 1. The molecule has 0 radical (unpaired) electrons. The predicted molar refractivity (Wildman–Crippen MR) is 112 cm³/mol. The van der Waals surface area contributed by atoms with Gasteiger partial charge >= 0.3 is 0 Å². The number of rotatable bonds is 5. The van der Waals surface area contributed by atoms with Gasteiger partial charge in [-0.05, 0) is 72.9 Å². The molecule has 5 nitrogen and oxygen atoms in total. The molecule has 1 saturated heterocycles. The number of furan rings is 1. The fourth-order valence-electron chi connectivity index (χ4n) is 2.74. The summed E-state index contributed by atoms with van der Waals surface area (Å²) < 4.78 is 24.5. The lowest BCUT2D eigenvalue weighted by Gasteiger charge is -2.13. The Hall–Kier alpha value is -3.16. The Balaban J connectivity index is 1.45. The number of halogens is 2. The normalized spacial score (nSPS) is 15.1. The molecule has 0 unspecified atom stereocenters. The predicted octanol–water partition coefficient (Wildman–Crippen LogP) is 4.91. The van der Waals surface area contributed by atoms with Gasteiger partial charge in [0, 0.05) is 11.1 Å². The number of nitrogens with one attached hydrogen (secondary N) is 1. The summed E-state index contributed by atoms with van der Waals surface area (Å²) in [5.41, 5.74) is 0.743. The molecule has 8 heteroatoms. The van der Waals surface area contributed by atoms with E-state index in [1.165, 1.54) is 29.2 Å². The first-order chi connectivity index (χ1) is 14.0. The van der Waals surface area contributed by atoms with Gasteiger partial charge in [-0.2, -0.15) is 0 Å². The van der Waals surface area contributed by atoms with Crippen LogP contribution in [0.1, 0.15) is 11.5 Å². The van der Waals surface area contributed by atoms with E-state index >= 15 is 0 Å². The van der Waals surface area contributed by atoms with Gasteiger partial charge in [-0.3, -0.25) is 9.69 Å². The SMILES string of the molecule is O=C1/C(=C\c2ccc(COc3ccc(Cl)cc3)o2)NC(=S)N1c1ccc(F)cc1. The fourth-order valence-corrected chi connectivity index (χ4v) is 3.16. The lowest BCUT2D eigenvalue weighted by molar-refractivity contribution is -0.113. The average molecular weight is 429 g/mol. The third kappa shape index (κ3) is 4.31. The Morgan fingerprint density at radius 3 is 2.55 bits per heavy atom. The second kappa shape index (κ2) is 8.06. The van der Waals surface area contributed by atoms with Gasteiger partial charge in [0.15, 0.2) is 5.11 Å². The molecule has 2 aromatic carbocycles. The second-order valence-electron chi connectivity index (χ2n) is 6.15. The van der Waals surface area contributed by atoms with Crippen LogP contribution in [-0.2, 0) is 11.4 Å². The summed E-state index contributed by atoms with van der Waals surface area (Å²) in [7, 11) is 0. The van der Waals surface area contributed by atoms with Crippen LogP contribution in [0.4, 0.5) is 10.1 Å². The molecule has 1 fully saturated rings. The van der Waals surface area contributed by atoms with Crippen molar-refractivity contribution in [2.24, 2.45) is 0 Å². The largest absolute Gasteiger partial charge is 0.486 e. The zero-order chi connectivity index (χ0) is 20.4. The van der Waals surface area contributed by atoms with Crippen molar-refractivity contribution in [1.82, 2.24) is 5.32 Å². The summed E-state index contributed by atoms with van der Waals surface area (Å²) in [6.45, 7) is 0.228. The van der Waals surface area contributed by atoms with Crippen LogP contribution in [0, 0.1) is 5.82 Å². The molecule has 2 heterocycles. The molecule has 1 N–H and O–H groups in total. The van der Waals surface area contributed by atoms with Crippen molar-refractivity contribution in [2.45, 2.75) is 6.61 Å². The van der Waals surface area contributed by atoms with Gasteiger partial charge in [-0.25, -0.2) is 4.39 Å². The average Bonchev–Trinajstić information content (AvgIpc) is 3.26. The van der Waals surface area contributed by atoms with Gasteiger partial charge in [0.1, 0.15) is 35.4 Å². The summed E-state index contributed by atoms with van der Waals surface area (Å²) in [6.07, 6.45) is 1.56. The minimum atomic E-state index is -0.390. The van der Waals surface area contributed by atoms with E-state index in [4.69, 9.17) is 33.0 Å². The third-order valence-electron chi connectivity index (χ3n) is 4.13. The zero-order valence-electron chi connectivity index (χ0n) is 14.9. The maximum atomic E-state index is 13.1. The highest BCUT2D eigenvalue weighted by molar-refractivity contribution is 7.80. The van der Waals surface area contributed by atoms with Crippen molar-refractivity contribution in [3.8, 4) is 5.75 Å². The lowest BCUT2D eigenvalue weighted by Crippen LogP contribution is -2.30. The Bertz CT molecular complexity index is 1090. The highest BCUT2D eigenvalue weighted by Crippen LogP contribution is 2.24. The molecule has 0 atom stereocenters. The van der Waals surface area contributed by atoms with Crippen LogP contribution in [0.3, 0.4) is 0 Å². The maximum Gasteiger partial charge on any atom is 0.281 e. The summed E-state index contributed by atoms with van der Waals surface area (Å²) in [4.78, 5) is 14.0. The summed E-state index contributed by atoms with van der Waals surface area (Å²) >= 11 is 11.1. The van der Waals surface area contributed by atoms with E-state index in [9.17, 15) is 9.18 Å². The van der Waals surface area contributed by atoms with Crippen LogP contribution < -0.4 is 15.0 Å². The van der Waals surface area contributed by atoms with Gasteiger partial charge in [-0.15, -0.1) is 0 Å². The van der Waals surface area contributed by atoms with Crippen molar-refractivity contribution in [3.63, 3.8) is 0 Å². The zero-order valence-corrected chi connectivity index (χ0v) is 16.5. The Morgan fingerprint density at radius 1 is 1.10 bits per heavy atom. The quantitative estimate of drug-likeness (QED) is 0.462. The van der Waals surface area contributed by atoms with Crippen molar-refractivity contribution in [2.75, 3.05) is 4.90 Å². The standard InChI is InChI=1S/C21H14ClFN2O3S/c22-13-1-7-16(8-2-13)27-12-18-10-9-17(28-18)11-19-20(26)25(21(29)24-19)15-5-3-14(23)4-6-15/h1-11H,12H2,(H,24,29)/b19-11+. The summed E-state index contributed by atoms with van der Waals surface area (Å²) in [5.74, 6) is 0.990. The number of anilines is 1. The smallest absolute Gasteiger partial charge is 0.281 e. The number of nitrogens with zero attached hydrogens (tertiary/aromatic N) is 1. The third-order valence-corrected chi connectivity index (χ3v) is 4.66. The lowest BCUT2D eigenvalue weighted by atomic mass is 10.2. The molecule has 1 aromatic heterocycles. The molecule has 146 valence electrons. The maximum absolute atomic E-state index is 13.1. The number of benzene rings is 2. The van der Waals surface area contributed by atoms with Gasteiger partial charge in [0.25, 0.3) is 5.91 Å². The Kier molecular flexibility index (Phi) is 5.33. The van der Waals surface area contributed by atoms with Gasteiger partial charge in [-0.1, -0.05) is 11.6 Å². The fraction of sp³-hybridized carbons (Fsp3) is 0.0476. The highest BCUT2D eigenvalue weighted by atomic mass is 35.5. The van der Waals surface area contributed by atoms with Crippen molar-refractivity contribution in [3.05, 3.63) is 88.7 Å². The molecule has 4 rings (SSSR count). The Labute approximate surface area is 176 Å². The van der Waals surface area contributed by atoms with Crippen LogP contribution in [-0.4, -0.2) is 11.0 Å². The molecular formula is C21H14ClFN2O3S. The van der Waals surface area contributed by atoms with E-state index in [1.807, 2.05) is 0 Å². The number of hydrogen-bond donors (Lipinski definition) is 1. The van der Waals surface area contributed by atoms with Crippen molar-refractivity contribution in [1.29, 1.82) is 0 Å². The first-order valence-electron chi connectivity index (χ1n) is 8.59. The number of carbonyl (C=O) groups is 1. The summed E-state index contributed by atoms with van der Waals surface area (Å²) in [6, 6.07) is 16.0. The summed E-state index contributed by atoms with van der Waals surface area (Å²) in [5, 5.41) is 3.70. The van der Waals surface area contributed by atoms with Crippen molar-refractivity contribution >= 4 is 46.6 Å². The van der Waals surface area contributed by atoms with E-state index in [2.05, 4.69) is 5.32 Å². The van der Waals surface area contributed by atoms with Crippen LogP contribution in [0.2, 0.25) is 5.02 Å². The van der Waals surface area contributed by atoms with Crippen LogP contribution in [0.5, 0.6) is 5.75 Å². The van der Waals surface area contributed by atoms with Crippen LogP contribution in [0.15, 0.2) is 70.8 Å². The van der Waals surface area contributed by atoms with Gasteiger partial charge in [0.2, 0.25) is 0 Å². The first kappa shape index (κ1) is 19.2. The van der Waals surface area contributed by atoms with Crippen LogP contribution >= 0.6 is 23.8 Å². The number of thiocarbonyl (C=S) groups is 1. The van der Waals surface area contributed by atoms with E-state index in [0.717, 1.165) is 0 Å². The van der Waals surface area contributed by atoms with Gasteiger partial charge < -0.3 is 14.5 Å². The first-order valence-corrected chi connectivity index (χ1v) is 9.38. The monoisotopic (exact) mass is 428 g/mol. The molecule has 1 amide bonds. The molecule has 3 aromatic rings. The van der Waals surface area contributed by atoms with Crippen LogP contribution in [0.25, 0.3) is 6.08 Å².